The molecule has 0 aliphatic heterocycles. The molecule has 1 aliphatic carbocycles. The Morgan fingerprint density at radius 2 is 2.00 bits per heavy atom. The normalized spacial score (nSPS) is 28.3. The number of nitrogens with zero attached hydrogens (tertiary/aromatic N) is 1. The van der Waals surface area contributed by atoms with Gasteiger partial charge in [0.1, 0.15) is 0 Å². The maximum absolute atomic E-state index is 11.7. The quantitative estimate of drug-likeness (QED) is 0.756. The Morgan fingerprint density at radius 1 is 1.40 bits per heavy atom. The summed E-state index contributed by atoms with van der Waals surface area (Å²) in [5.41, 5.74) is 0. The average molecular weight is 256 g/mol. The highest BCUT2D eigenvalue weighted by molar-refractivity contribution is 7.89. The van der Waals surface area contributed by atoms with Crippen LogP contribution < -0.4 is 0 Å². The molecule has 4 nitrogen and oxygen atoms in total. The Hall–Kier alpha value is 0.160. The SMILES string of the molecule is CN(C1CCCCC1O)S(=O)(=O)CCCl. The lowest BCUT2D eigenvalue weighted by atomic mass is 9.93. The van der Waals surface area contributed by atoms with E-state index < -0.39 is 16.1 Å². The van der Waals surface area contributed by atoms with E-state index in [9.17, 15) is 13.5 Å². The van der Waals surface area contributed by atoms with Gasteiger partial charge in [0.2, 0.25) is 10.0 Å². The second-order valence-electron chi connectivity index (χ2n) is 3.94. The van der Waals surface area contributed by atoms with Crippen molar-refractivity contribution in [2.75, 3.05) is 18.7 Å². The predicted molar refractivity (Wildman–Crippen MR) is 60.5 cm³/mol. The molecule has 0 aromatic rings. The van der Waals surface area contributed by atoms with Gasteiger partial charge in [0, 0.05) is 12.9 Å². The van der Waals surface area contributed by atoms with E-state index >= 15 is 0 Å². The zero-order chi connectivity index (χ0) is 11.5. The van der Waals surface area contributed by atoms with Gasteiger partial charge in [0.25, 0.3) is 0 Å². The Kier molecular flexibility index (Phi) is 4.83. The molecule has 0 amide bonds. The summed E-state index contributed by atoms with van der Waals surface area (Å²) in [5.74, 6) is 0.0315. The first-order valence-corrected chi connectivity index (χ1v) is 7.33. The fourth-order valence-corrected chi connectivity index (χ4v) is 3.69. The van der Waals surface area contributed by atoms with Crippen LogP contribution in [0.5, 0.6) is 0 Å². The lowest BCUT2D eigenvalue weighted by molar-refractivity contribution is 0.0639. The van der Waals surface area contributed by atoms with E-state index in [2.05, 4.69) is 0 Å². The molecule has 1 N–H and O–H groups in total. The largest absolute Gasteiger partial charge is 0.391 e. The summed E-state index contributed by atoms with van der Waals surface area (Å²) in [5, 5.41) is 9.73. The molecule has 0 bridgehead atoms. The second-order valence-corrected chi connectivity index (χ2v) is 6.47. The van der Waals surface area contributed by atoms with Crippen LogP contribution in [0.1, 0.15) is 25.7 Å². The van der Waals surface area contributed by atoms with Crippen molar-refractivity contribution >= 4 is 21.6 Å². The van der Waals surface area contributed by atoms with Gasteiger partial charge in [-0.1, -0.05) is 12.8 Å². The van der Waals surface area contributed by atoms with E-state index in [1.807, 2.05) is 0 Å². The molecule has 0 heterocycles. The number of likely N-dealkylation sites (N-methyl/N-ethyl adjacent to an activating group) is 1. The number of aliphatic hydroxyl groups excluding tert-OH is 1. The van der Waals surface area contributed by atoms with Gasteiger partial charge in [-0.2, -0.15) is 4.31 Å². The van der Waals surface area contributed by atoms with Gasteiger partial charge >= 0.3 is 0 Å². The monoisotopic (exact) mass is 255 g/mol. The minimum absolute atomic E-state index is 0.0612. The third-order valence-corrected chi connectivity index (χ3v) is 5.22. The molecule has 6 heteroatoms. The van der Waals surface area contributed by atoms with Crippen molar-refractivity contribution in [3.63, 3.8) is 0 Å². The van der Waals surface area contributed by atoms with E-state index in [4.69, 9.17) is 11.6 Å². The van der Waals surface area contributed by atoms with E-state index in [1.165, 1.54) is 11.4 Å². The molecule has 1 aliphatic rings. The van der Waals surface area contributed by atoms with Gasteiger partial charge in [-0.05, 0) is 12.8 Å². The van der Waals surface area contributed by atoms with E-state index in [1.54, 1.807) is 0 Å². The molecule has 2 unspecified atom stereocenters. The lowest BCUT2D eigenvalue weighted by Gasteiger charge is -2.34. The van der Waals surface area contributed by atoms with Gasteiger partial charge < -0.3 is 5.11 Å². The molecule has 0 aromatic carbocycles. The molecule has 1 rings (SSSR count). The smallest absolute Gasteiger partial charge is 0.215 e. The first-order chi connectivity index (χ1) is 6.99. The number of halogens is 1. The molecule has 15 heavy (non-hydrogen) atoms. The van der Waals surface area contributed by atoms with Crippen molar-refractivity contribution in [3.8, 4) is 0 Å². The number of hydrogen-bond acceptors (Lipinski definition) is 3. The Labute approximate surface area is 96.3 Å². The molecule has 0 spiro atoms. The Morgan fingerprint density at radius 3 is 2.53 bits per heavy atom. The van der Waals surface area contributed by atoms with Crippen LogP contribution >= 0.6 is 11.6 Å². The molecular weight excluding hydrogens is 238 g/mol. The van der Waals surface area contributed by atoms with Crippen molar-refractivity contribution in [3.05, 3.63) is 0 Å². The maximum atomic E-state index is 11.7. The van der Waals surface area contributed by atoms with Crippen LogP contribution in [0.2, 0.25) is 0 Å². The van der Waals surface area contributed by atoms with Crippen LogP contribution in [0.15, 0.2) is 0 Å². The second kappa shape index (κ2) is 5.48. The molecule has 0 saturated heterocycles. The minimum Gasteiger partial charge on any atom is -0.391 e. The number of rotatable bonds is 4. The van der Waals surface area contributed by atoms with Gasteiger partial charge in [-0.3, -0.25) is 0 Å². The highest BCUT2D eigenvalue weighted by Crippen LogP contribution is 2.24. The summed E-state index contributed by atoms with van der Waals surface area (Å²) in [6.45, 7) is 0. The zero-order valence-corrected chi connectivity index (χ0v) is 10.5. The van der Waals surface area contributed by atoms with Crippen molar-refractivity contribution < 1.29 is 13.5 Å². The standard InChI is InChI=1S/C9H18ClNO3S/c1-11(15(13,14)7-6-10)8-4-2-3-5-9(8)12/h8-9,12H,2-7H2,1H3. The van der Waals surface area contributed by atoms with Gasteiger partial charge in [0.15, 0.2) is 0 Å². The topological polar surface area (TPSA) is 57.6 Å². The molecule has 1 saturated carbocycles. The summed E-state index contributed by atoms with van der Waals surface area (Å²) in [6, 6.07) is -0.271. The van der Waals surface area contributed by atoms with Crippen LogP contribution in [0.4, 0.5) is 0 Å². The van der Waals surface area contributed by atoms with E-state index in [0.717, 1.165) is 19.3 Å². The summed E-state index contributed by atoms with van der Waals surface area (Å²) in [4.78, 5) is 0. The Balaban J connectivity index is 2.69. The van der Waals surface area contributed by atoms with Crippen molar-refractivity contribution in [1.82, 2.24) is 4.31 Å². The highest BCUT2D eigenvalue weighted by atomic mass is 35.5. The third kappa shape index (κ3) is 3.31. The van der Waals surface area contributed by atoms with Crippen molar-refractivity contribution in [2.45, 2.75) is 37.8 Å². The van der Waals surface area contributed by atoms with Crippen LogP contribution in [0.25, 0.3) is 0 Å². The molecule has 90 valence electrons. The van der Waals surface area contributed by atoms with Crippen LogP contribution in [0.3, 0.4) is 0 Å². The number of sulfonamides is 1. The van der Waals surface area contributed by atoms with Gasteiger partial charge in [-0.25, -0.2) is 8.42 Å². The van der Waals surface area contributed by atoms with Gasteiger partial charge in [0.05, 0.1) is 17.9 Å². The van der Waals surface area contributed by atoms with Gasteiger partial charge in [-0.15, -0.1) is 11.6 Å². The van der Waals surface area contributed by atoms with Crippen LogP contribution in [-0.4, -0.2) is 48.7 Å². The van der Waals surface area contributed by atoms with Crippen LogP contribution in [-0.2, 0) is 10.0 Å². The molecular formula is C9H18ClNO3S. The molecule has 0 radical (unpaired) electrons. The first-order valence-electron chi connectivity index (χ1n) is 5.19. The van der Waals surface area contributed by atoms with Crippen LogP contribution in [0, 0.1) is 0 Å². The number of aliphatic hydroxyl groups is 1. The zero-order valence-electron chi connectivity index (χ0n) is 8.89. The summed E-state index contributed by atoms with van der Waals surface area (Å²) in [7, 11) is -1.77. The molecule has 2 atom stereocenters. The lowest BCUT2D eigenvalue weighted by Crippen LogP contribution is -2.47. The van der Waals surface area contributed by atoms with E-state index in [-0.39, 0.29) is 17.7 Å². The summed E-state index contributed by atoms with van der Waals surface area (Å²) >= 11 is 5.44. The maximum Gasteiger partial charge on any atom is 0.215 e. The number of alkyl halides is 1. The Bertz CT molecular complexity index is 294. The van der Waals surface area contributed by atoms with Crippen molar-refractivity contribution in [1.29, 1.82) is 0 Å². The predicted octanol–water partition coefficient (Wildman–Crippen LogP) is 0.790. The van der Waals surface area contributed by atoms with Crippen molar-refractivity contribution in [2.24, 2.45) is 0 Å². The third-order valence-electron chi connectivity index (χ3n) is 2.93. The minimum atomic E-state index is -3.30. The summed E-state index contributed by atoms with van der Waals surface area (Å²) in [6.07, 6.45) is 2.84. The molecule has 0 aromatic heterocycles. The summed E-state index contributed by atoms with van der Waals surface area (Å²) < 4.78 is 24.7. The van der Waals surface area contributed by atoms with E-state index in [0.29, 0.717) is 6.42 Å². The number of hydrogen-bond donors (Lipinski definition) is 1. The molecule has 1 fully saturated rings. The fraction of sp³-hybridized carbons (Fsp3) is 1.00. The first kappa shape index (κ1) is 13.2. The highest BCUT2D eigenvalue weighted by Gasteiger charge is 2.32. The average Bonchev–Trinajstić information content (AvgIpc) is 2.17. The fourth-order valence-electron chi connectivity index (χ4n) is 1.96.